The molecule has 1 N–H and O–H groups in total. The molecule has 0 fully saturated rings. The van der Waals surface area contributed by atoms with Crippen LogP contribution in [0.25, 0.3) is 10.9 Å². The van der Waals surface area contributed by atoms with Crippen LogP contribution in [0.4, 0.5) is 0 Å². The number of nitrogens with zero attached hydrogens (tertiary/aromatic N) is 2. The van der Waals surface area contributed by atoms with Gasteiger partial charge in [-0.05, 0) is 30.5 Å². The van der Waals surface area contributed by atoms with Crippen molar-refractivity contribution in [1.82, 2.24) is 14.9 Å². The normalized spacial score (nSPS) is 11.2. The molecule has 5 nitrogen and oxygen atoms in total. The summed E-state index contributed by atoms with van der Waals surface area (Å²) in [7, 11) is 0. The Hall–Kier alpha value is -1.53. The third-order valence-electron chi connectivity index (χ3n) is 3.37. The topological polar surface area (TPSA) is 64.0 Å². The fraction of sp³-hybridized carbons (Fsp3) is 0.471. The van der Waals surface area contributed by atoms with Crippen LogP contribution in [-0.4, -0.2) is 27.8 Å². The van der Waals surface area contributed by atoms with Gasteiger partial charge in [0.1, 0.15) is 0 Å². The number of nitrogens with one attached hydrogen (secondary N) is 1. The standard InChI is InChI=1S/C17H22ClN3O2S/c1-4-7-21-16(23)13-6-5-12(18)8-14(13)20-17(21)24-10-15(22)19-9-11(2)3/h5-6,8,11H,4,7,9-10H2,1-3H3,(H,19,22). The molecule has 1 aromatic heterocycles. The summed E-state index contributed by atoms with van der Waals surface area (Å²) in [5, 5.41) is 4.50. The molecule has 0 saturated heterocycles. The summed E-state index contributed by atoms with van der Waals surface area (Å²) in [4.78, 5) is 29.1. The Morgan fingerprint density at radius 1 is 1.42 bits per heavy atom. The Bertz CT molecular complexity index is 789. The van der Waals surface area contributed by atoms with Gasteiger partial charge in [0, 0.05) is 18.1 Å². The fourth-order valence-electron chi connectivity index (χ4n) is 2.20. The summed E-state index contributed by atoms with van der Waals surface area (Å²) in [5.74, 6) is 0.574. The number of thioether (sulfide) groups is 1. The zero-order valence-electron chi connectivity index (χ0n) is 14.1. The summed E-state index contributed by atoms with van der Waals surface area (Å²) < 4.78 is 1.64. The first-order chi connectivity index (χ1) is 11.4. The molecule has 0 aliphatic rings. The van der Waals surface area contributed by atoms with Crippen LogP contribution in [0.5, 0.6) is 0 Å². The first kappa shape index (κ1) is 18.8. The lowest BCUT2D eigenvalue weighted by Gasteiger charge is -2.13. The first-order valence-corrected chi connectivity index (χ1v) is 9.38. The summed E-state index contributed by atoms with van der Waals surface area (Å²) >= 11 is 7.28. The van der Waals surface area contributed by atoms with Gasteiger partial charge in [-0.3, -0.25) is 14.2 Å². The molecule has 1 amide bonds. The van der Waals surface area contributed by atoms with Crippen LogP contribution in [-0.2, 0) is 11.3 Å². The highest BCUT2D eigenvalue weighted by Crippen LogP contribution is 2.20. The average molecular weight is 368 g/mol. The van der Waals surface area contributed by atoms with Gasteiger partial charge in [0.2, 0.25) is 5.91 Å². The van der Waals surface area contributed by atoms with E-state index in [0.29, 0.717) is 40.1 Å². The molecule has 0 spiro atoms. The van der Waals surface area contributed by atoms with Gasteiger partial charge in [-0.1, -0.05) is 44.1 Å². The number of halogens is 1. The van der Waals surface area contributed by atoms with Crippen LogP contribution in [0.2, 0.25) is 5.02 Å². The number of hydrogen-bond acceptors (Lipinski definition) is 4. The predicted octanol–water partition coefficient (Wildman–Crippen LogP) is 3.32. The molecule has 0 bridgehead atoms. The first-order valence-electron chi connectivity index (χ1n) is 8.02. The van der Waals surface area contributed by atoms with E-state index in [2.05, 4.69) is 10.3 Å². The number of benzene rings is 1. The zero-order valence-corrected chi connectivity index (χ0v) is 15.7. The number of hydrogen-bond donors (Lipinski definition) is 1. The Kier molecular flexibility index (Phi) is 6.69. The van der Waals surface area contributed by atoms with Crippen LogP contribution < -0.4 is 10.9 Å². The van der Waals surface area contributed by atoms with E-state index in [1.807, 2.05) is 20.8 Å². The Labute approximate surface area is 150 Å². The largest absolute Gasteiger partial charge is 0.355 e. The molecule has 0 saturated carbocycles. The molecule has 24 heavy (non-hydrogen) atoms. The summed E-state index contributed by atoms with van der Waals surface area (Å²) in [6.07, 6.45) is 0.813. The van der Waals surface area contributed by atoms with Crippen molar-refractivity contribution in [1.29, 1.82) is 0 Å². The van der Waals surface area contributed by atoms with E-state index >= 15 is 0 Å². The van der Waals surface area contributed by atoms with E-state index < -0.39 is 0 Å². The third kappa shape index (κ3) is 4.74. The van der Waals surface area contributed by atoms with E-state index in [1.54, 1.807) is 22.8 Å². The molecular weight excluding hydrogens is 346 g/mol. The van der Waals surface area contributed by atoms with Crippen molar-refractivity contribution in [2.45, 2.75) is 38.9 Å². The van der Waals surface area contributed by atoms with Gasteiger partial charge in [0.25, 0.3) is 5.56 Å². The monoisotopic (exact) mass is 367 g/mol. The number of amides is 1. The van der Waals surface area contributed by atoms with Gasteiger partial charge in [0.05, 0.1) is 16.7 Å². The molecule has 0 atom stereocenters. The minimum atomic E-state index is -0.0939. The van der Waals surface area contributed by atoms with Crippen molar-refractivity contribution in [3.63, 3.8) is 0 Å². The maximum Gasteiger partial charge on any atom is 0.262 e. The highest BCUT2D eigenvalue weighted by Gasteiger charge is 2.13. The molecular formula is C17H22ClN3O2S. The quantitative estimate of drug-likeness (QED) is 0.602. The second-order valence-electron chi connectivity index (χ2n) is 6.00. The number of carbonyl (C=O) groups is 1. The summed E-state index contributed by atoms with van der Waals surface area (Å²) in [6.45, 7) is 7.30. The van der Waals surface area contributed by atoms with Crippen molar-refractivity contribution in [3.8, 4) is 0 Å². The third-order valence-corrected chi connectivity index (χ3v) is 4.58. The van der Waals surface area contributed by atoms with Crippen molar-refractivity contribution in [3.05, 3.63) is 33.6 Å². The van der Waals surface area contributed by atoms with Crippen LogP contribution in [0, 0.1) is 5.92 Å². The lowest BCUT2D eigenvalue weighted by atomic mass is 10.2. The van der Waals surface area contributed by atoms with E-state index in [9.17, 15) is 9.59 Å². The molecule has 0 unspecified atom stereocenters. The number of rotatable bonds is 7. The minimum absolute atomic E-state index is 0.0582. The number of fused-ring (bicyclic) bond motifs is 1. The van der Waals surface area contributed by atoms with E-state index in [0.717, 1.165) is 6.42 Å². The van der Waals surface area contributed by atoms with Crippen molar-refractivity contribution < 1.29 is 4.79 Å². The van der Waals surface area contributed by atoms with Gasteiger partial charge >= 0.3 is 0 Å². The highest BCUT2D eigenvalue weighted by atomic mass is 35.5. The molecule has 2 aromatic rings. The maximum atomic E-state index is 12.7. The van der Waals surface area contributed by atoms with Crippen molar-refractivity contribution >= 4 is 40.2 Å². The summed E-state index contributed by atoms with van der Waals surface area (Å²) in [5.41, 5.74) is 0.466. The second-order valence-corrected chi connectivity index (χ2v) is 7.38. The Morgan fingerprint density at radius 3 is 2.83 bits per heavy atom. The molecule has 0 radical (unpaired) electrons. The van der Waals surface area contributed by atoms with Crippen molar-refractivity contribution in [2.24, 2.45) is 5.92 Å². The second kappa shape index (κ2) is 8.53. The molecule has 0 aliphatic carbocycles. The highest BCUT2D eigenvalue weighted by molar-refractivity contribution is 7.99. The fourth-order valence-corrected chi connectivity index (χ4v) is 3.23. The molecule has 0 aliphatic heterocycles. The molecule has 130 valence electrons. The van der Waals surface area contributed by atoms with E-state index in [-0.39, 0.29) is 17.2 Å². The molecule has 7 heteroatoms. The summed E-state index contributed by atoms with van der Waals surface area (Å²) in [6, 6.07) is 5.07. The number of carbonyl (C=O) groups excluding carboxylic acids is 1. The Balaban J connectivity index is 2.28. The lowest BCUT2D eigenvalue weighted by molar-refractivity contribution is -0.118. The maximum absolute atomic E-state index is 12.7. The van der Waals surface area contributed by atoms with Crippen LogP contribution >= 0.6 is 23.4 Å². The van der Waals surface area contributed by atoms with Gasteiger partial charge in [-0.2, -0.15) is 0 Å². The van der Waals surface area contributed by atoms with Gasteiger partial charge in [-0.15, -0.1) is 0 Å². The molecule has 1 heterocycles. The van der Waals surface area contributed by atoms with Crippen molar-refractivity contribution in [2.75, 3.05) is 12.3 Å². The zero-order chi connectivity index (χ0) is 17.7. The SMILES string of the molecule is CCCn1c(SCC(=O)NCC(C)C)nc2cc(Cl)ccc2c1=O. The van der Waals surface area contributed by atoms with Crippen LogP contribution in [0.15, 0.2) is 28.2 Å². The van der Waals surface area contributed by atoms with Crippen LogP contribution in [0.1, 0.15) is 27.2 Å². The Morgan fingerprint density at radius 2 is 2.17 bits per heavy atom. The molecule has 2 rings (SSSR count). The van der Waals surface area contributed by atoms with Gasteiger partial charge in [0.15, 0.2) is 5.16 Å². The van der Waals surface area contributed by atoms with E-state index in [1.165, 1.54) is 11.8 Å². The lowest BCUT2D eigenvalue weighted by Crippen LogP contribution is -2.29. The number of aromatic nitrogens is 2. The van der Waals surface area contributed by atoms with Gasteiger partial charge in [-0.25, -0.2) is 4.98 Å². The van der Waals surface area contributed by atoms with Gasteiger partial charge < -0.3 is 5.32 Å². The van der Waals surface area contributed by atoms with E-state index in [4.69, 9.17) is 11.6 Å². The smallest absolute Gasteiger partial charge is 0.262 e. The average Bonchev–Trinajstić information content (AvgIpc) is 2.53. The van der Waals surface area contributed by atoms with Crippen LogP contribution in [0.3, 0.4) is 0 Å². The minimum Gasteiger partial charge on any atom is -0.355 e. The predicted molar refractivity (Wildman–Crippen MR) is 99.9 cm³/mol. The molecule has 1 aromatic carbocycles.